The highest BCUT2D eigenvalue weighted by Crippen LogP contribution is 2.47. The summed E-state index contributed by atoms with van der Waals surface area (Å²) in [5.74, 6) is 4.60. The standard InChI is InChI=1S/C16H26O3S2/c1-6-8-20-16(21-9-7-2)12-10-14(18-4)15(19-5)11-13(12)17-3/h10-11,16H,6-9H2,1-5H3. The van der Waals surface area contributed by atoms with Crippen LogP contribution >= 0.6 is 23.5 Å². The fraction of sp³-hybridized carbons (Fsp3) is 0.625. The molecule has 0 amide bonds. The van der Waals surface area contributed by atoms with Gasteiger partial charge in [-0.05, 0) is 30.4 Å². The molecule has 5 heteroatoms. The zero-order valence-corrected chi connectivity index (χ0v) is 15.2. The second-order valence-electron chi connectivity index (χ2n) is 4.52. The summed E-state index contributed by atoms with van der Waals surface area (Å²) >= 11 is 3.93. The molecule has 0 heterocycles. The van der Waals surface area contributed by atoms with E-state index in [-0.39, 0.29) is 0 Å². The Bertz CT molecular complexity index is 416. The van der Waals surface area contributed by atoms with Crippen molar-refractivity contribution < 1.29 is 14.2 Å². The Balaban J connectivity index is 3.13. The van der Waals surface area contributed by atoms with Gasteiger partial charge in [0.2, 0.25) is 0 Å². The molecule has 1 aromatic carbocycles. The van der Waals surface area contributed by atoms with Crippen LogP contribution in [-0.4, -0.2) is 32.8 Å². The van der Waals surface area contributed by atoms with Gasteiger partial charge in [-0.3, -0.25) is 0 Å². The Kier molecular flexibility index (Phi) is 8.85. The van der Waals surface area contributed by atoms with E-state index < -0.39 is 0 Å². The monoisotopic (exact) mass is 330 g/mol. The van der Waals surface area contributed by atoms with Crippen LogP contribution in [0.15, 0.2) is 12.1 Å². The molecule has 0 aliphatic carbocycles. The average molecular weight is 331 g/mol. The summed E-state index contributed by atoms with van der Waals surface area (Å²) in [7, 11) is 5.02. The lowest BCUT2D eigenvalue weighted by Gasteiger charge is -2.21. The van der Waals surface area contributed by atoms with E-state index in [1.165, 1.54) is 18.4 Å². The molecule has 0 bridgehead atoms. The van der Waals surface area contributed by atoms with Gasteiger partial charge in [-0.1, -0.05) is 13.8 Å². The first-order chi connectivity index (χ1) is 10.2. The maximum absolute atomic E-state index is 5.57. The number of ether oxygens (including phenoxy) is 3. The summed E-state index contributed by atoms with van der Waals surface area (Å²) < 4.78 is 16.7. The number of hydrogen-bond donors (Lipinski definition) is 0. The van der Waals surface area contributed by atoms with Crippen LogP contribution in [-0.2, 0) is 0 Å². The summed E-state index contributed by atoms with van der Waals surface area (Å²) in [5, 5.41) is 0. The minimum absolute atomic E-state index is 0.361. The Hall–Kier alpha value is -0.680. The van der Waals surface area contributed by atoms with Gasteiger partial charge in [-0.25, -0.2) is 0 Å². The molecule has 1 rings (SSSR count). The molecule has 0 radical (unpaired) electrons. The maximum Gasteiger partial charge on any atom is 0.164 e. The van der Waals surface area contributed by atoms with E-state index in [0.717, 1.165) is 23.0 Å². The average Bonchev–Trinajstić information content (AvgIpc) is 2.53. The predicted molar refractivity (Wildman–Crippen MR) is 94.3 cm³/mol. The van der Waals surface area contributed by atoms with Crippen LogP contribution in [0, 0.1) is 0 Å². The number of thioether (sulfide) groups is 2. The molecule has 0 fully saturated rings. The highest BCUT2D eigenvalue weighted by atomic mass is 32.2. The molecule has 21 heavy (non-hydrogen) atoms. The number of methoxy groups -OCH3 is 3. The second-order valence-corrected chi connectivity index (χ2v) is 7.25. The first-order valence-electron chi connectivity index (χ1n) is 7.24. The van der Waals surface area contributed by atoms with Crippen molar-refractivity contribution in [2.75, 3.05) is 32.8 Å². The number of hydrogen-bond acceptors (Lipinski definition) is 5. The summed E-state index contributed by atoms with van der Waals surface area (Å²) in [5.41, 5.74) is 1.17. The molecular formula is C16H26O3S2. The molecule has 3 nitrogen and oxygen atoms in total. The third-order valence-corrected chi connectivity index (χ3v) is 6.15. The molecular weight excluding hydrogens is 304 g/mol. The van der Waals surface area contributed by atoms with Crippen molar-refractivity contribution in [3.05, 3.63) is 17.7 Å². The lowest BCUT2D eigenvalue weighted by Crippen LogP contribution is -2.00. The summed E-state index contributed by atoms with van der Waals surface area (Å²) in [6.45, 7) is 4.42. The van der Waals surface area contributed by atoms with Gasteiger partial charge < -0.3 is 14.2 Å². The lowest BCUT2D eigenvalue weighted by molar-refractivity contribution is 0.348. The van der Waals surface area contributed by atoms with Gasteiger partial charge in [0.25, 0.3) is 0 Å². The molecule has 0 spiro atoms. The third kappa shape index (κ3) is 5.22. The summed E-state index contributed by atoms with van der Waals surface area (Å²) in [6, 6.07) is 3.97. The molecule has 0 aliphatic heterocycles. The fourth-order valence-electron chi connectivity index (χ4n) is 1.91. The zero-order chi connectivity index (χ0) is 15.7. The highest BCUT2D eigenvalue weighted by molar-refractivity contribution is 8.16. The van der Waals surface area contributed by atoms with Gasteiger partial charge in [0.1, 0.15) is 5.75 Å². The van der Waals surface area contributed by atoms with Crippen LogP contribution in [0.25, 0.3) is 0 Å². The first-order valence-corrected chi connectivity index (χ1v) is 9.34. The van der Waals surface area contributed by atoms with Crippen molar-refractivity contribution in [3.8, 4) is 17.2 Å². The Morgan fingerprint density at radius 3 is 1.71 bits per heavy atom. The molecule has 0 atom stereocenters. The molecule has 0 saturated carbocycles. The van der Waals surface area contributed by atoms with Gasteiger partial charge in [-0.15, -0.1) is 23.5 Å². The number of benzene rings is 1. The normalized spacial score (nSPS) is 10.8. The van der Waals surface area contributed by atoms with Crippen LogP contribution in [0.1, 0.15) is 36.8 Å². The van der Waals surface area contributed by atoms with Crippen molar-refractivity contribution >= 4 is 23.5 Å². The van der Waals surface area contributed by atoms with E-state index in [1.807, 2.05) is 35.7 Å². The van der Waals surface area contributed by atoms with E-state index in [4.69, 9.17) is 14.2 Å². The Morgan fingerprint density at radius 2 is 1.29 bits per heavy atom. The molecule has 120 valence electrons. The topological polar surface area (TPSA) is 27.7 Å². The molecule has 0 aromatic heterocycles. The maximum atomic E-state index is 5.57. The van der Waals surface area contributed by atoms with E-state index in [0.29, 0.717) is 10.3 Å². The number of rotatable bonds is 10. The van der Waals surface area contributed by atoms with Gasteiger partial charge in [-0.2, -0.15) is 0 Å². The van der Waals surface area contributed by atoms with Crippen molar-refractivity contribution in [2.24, 2.45) is 0 Å². The summed E-state index contributed by atoms with van der Waals surface area (Å²) in [6.07, 6.45) is 2.34. The molecule has 1 aromatic rings. The second kappa shape index (κ2) is 10.1. The van der Waals surface area contributed by atoms with Crippen molar-refractivity contribution in [3.63, 3.8) is 0 Å². The van der Waals surface area contributed by atoms with Crippen LogP contribution < -0.4 is 14.2 Å². The SMILES string of the molecule is CCCSC(SCCC)c1cc(OC)c(OC)cc1OC. The molecule has 0 unspecified atom stereocenters. The minimum atomic E-state index is 0.361. The molecule has 0 N–H and O–H groups in total. The van der Waals surface area contributed by atoms with Gasteiger partial charge >= 0.3 is 0 Å². The van der Waals surface area contributed by atoms with Crippen LogP contribution in [0.2, 0.25) is 0 Å². The van der Waals surface area contributed by atoms with Crippen LogP contribution in [0.5, 0.6) is 17.2 Å². The minimum Gasteiger partial charge on any atom is -0.496 e. The highest BCUT2D eigenvalue weighted by Gasteiger charge is 2.20. The first kappa shape index (κ1) is 18.4. The van der Waals surface area contributed by atoms with E-state index in [1.54, 1.807) is 21.3 Å². The van der Waals surface area contributed by atoms with Crippen molar-refractivity contribution in [1.29, 1.82) is 0 Å². The van der Waals surface area contributed by atoms with E-state index in [2.05, 4.69) is 13.8 Å². The fourth-order valence-corrected chi connectivity index (χ4v) is 4.50. The van der Waals surface area contributed by atoms with Gasteiger partial charge in [0.05, 0.1) is 25.9 Å². The largest absolute Gasteiger partial charge is 0.496 e. The quantitative estimate of drug-likeness (QED) is 0.563. The molecule has 0 aliphatic rings. The van der Waals surface area contributed by atoms with Crippen molar-refractivity contribution in [2.45, 2.75) is 31.3 Å². The van der Waals surface area contributed by atoms with Crippen LogP contribution in [0.3, 0.4) is 0 Å². The summed E-state index contributed by atoms with van der Waals surface area (Å²) in [4.78, 5) is 0. The van der Waals surface area contributed by atoms with Gasteiger partial charge in [0, 0.05) is 11.6 Å². The molecule has 0 saturated heterocycles. The van der Waals surface area contributed by atoms with Crippen LogP contribution in [0.4, 0.5) is 0 Å². The predicted octanol–water partition coefficient (Wildman–Crippen LogP) is 5.00. The Labute approximate surface area is 137 Å². The lowest BCUT2D eigenvalue weighted by atomic mass is 10.2. The van der Waals surface area contributed by atoms with E-state index >= 15 is 0 Å². The smallest absolute Gasteiger partial charge is 0.164 e. The Morgan fingerprint density at radius 1 is 0.810 bits per heavy atom. The van der Waals surface area contributed by atoms with E-state index in [9.17, 15) is 0 Å². The van der Waals surface area contributed by atoms with Gasteiger partial charge in [0.15, 0.2) is 11.5 Å². The third-order valence-electron chi connectivity index (χ3n) is 2.94. The zero-order valence-electron chi connectivity index (χ0n) is 13.6. The van der Waals surface area contributed by atoms with Crippen molar-refractivity contribution in [1.82, 2.24) is 0 Å².